The van der Waals surface area contributed by atoms with Crippen molar-refractivity contribution in [3.05, 3.63) is 29.6 Å². The van der Waals surface area contributed by atoms with Crippen LogP contribution in [-0.2, 0) is 4.74 Å². The van der Waals surface area contributed by atoms with Crippen molar-refractivity contribution in [2.24, 2.45) is 0 Å². The lowest BCUT2D eigenvalue weighted by atomic mass is 10.1. The molecule has 130 valence electrons. The Kier molecular flexibility index (Phi) is 6.81. The highest BCUT2D eigenvalue weighted by Gasteiger charge is 2.19. The fourth-order valence-corrected chi connectivity index (χ4v) is 2.24. The summed E-state index contributed by atoms with van der Waals surface area (Å²) in [7, 11) is 1.51. The van der Waals surface area contributed by atoms with E-state index in [1.807, 2.05) is 13.8 Å². The van der Waals surface area contributed by atoms with Crippen molar-refractivity contribution < 1.29 is 18.7 Å². The molecule has 2 atom stereocenters. The normalized spacial score (nSPS) is 14.0. The Bertz CT molecular complexity index is 529. The van der Waals surface area contributed by atoms with Crippen LogP contribution in [0.3, 0.4) is 0 Å². The summed E-state index contributed by atoms with van der Waals surface area (Å²) in [5, 5.41) is 5.93. The first-order valence-electron chi connectivity index (χ1n) is 7.69. The summed E-state index contributed by atoms with van der Waals surface area (Å²) >= 11 is 0. The number of ether oxygens (including phenoxy) is 2. The van der Waals surface area contributed by atoms with Crippen LogP contribution in [0, 0.1) is 5.82 Å². The number of carbonyl (C=O) groups is 1. The molecule has 0 aliphatic heterocycles. The van der Waals surface area contributed by atoms with Gasteiger partial charge in [-0.25, -0.2) is 9.18 Å². The quantitative estimate of drug-likeness (QED) is 0.841. The van der Waals surface area contributed by atoms with Crippen molar-refractivity contribution in [3.63, 3.8) is 0 Å². The molecule has 1 amide bonds. The van der Waals surface area contributed by atoms with Crippen molar-refractivity contribution in [1.29, 1.82) is 0 Å². The fraction of sp³-hybridized carbons (Fsp3) is 0.588. The van der Waals surface area contributed by atoms with E-state index in [1.54, 1.807) is 32.9 Å². The molecule has 0 fully saturated rings. The van der Waals surface area contributed by atoms with Gasteiger partial charge in [0.2, 0.25) is 0 Å². The van der Waals surface area contributed by atoms with Gasteiger partial charge in [-0.2, -0.15) is 0 Å². The molecule has 0 bridgehead atoms. The van der Waals surface area contributed by atoms with Gasteiger partial charge in [0.05, 0.1) is 7.11 Å². The minimum absolute atomic E-state index is 0.0677. The maximum atomic E-state index is 14.0. The van der Waals surface area contributed by atoms with Crippen molar-refractivity contribution >= 4 is 6.09 Å². The number of carbonyl (C=O) groups excluding carboxylic acids is 1. The van der Waals surface area contributed by atoms with Gasteiger partial charge in [0.1, 0.15) is 17.2 Å². The number of benzene rings is 1. The molecule has 2 N–H and O–H groups in total. The Balaban J connectivity index is 2.58. The van der Waals surface area contributed by atoms with Crippen LogP contribution in [0.25, 0.3) is 0 Å². The standard InChI is InChI=1S/C17H27FN2O3/c1-11(10-19-16(21)23-17(3,4)5)20-12(2)15-13(18)8-7-9-14(15)22-6/h7-9,11-12,20H,10H2,1-6H3,(H,19,21). The highest BCUT2D eigenvalue weighted by atomic mass is 19.1. The highest BCUT2D eigenvalue weighted by molar-refractivity contribution is 5.67. The Labute approximate surface area is 137 Å². The van der Waals surface area contributed by atoms with E-state index in [0.717, 1.165) is 0 Å². The number of nitrogens with one attached hydrogen (secondary N) is 2. The summed E-state index contributed by atoms with van der Waals surface area (Å²) in [6.07, 6.45) is -0.470. The summed E-state index contributed by atoms with van der Waals surface area (Å²) < 4.78 is 24.4. The lowest BCUT2D eigenvalue weighted by Gasteiger charge is -2.24. The number of hydrogen-bond acceptors (Lipinski definition) is 4. The lowest BCUT2D eigenvalue weighted by Crippen LogP contribution is -2.42. The zero-order valence-electron chi connectivity index (χ0n) is 14.7. The van der Waals surface area contributed by atoms with Crippen LogP contribution >= 0.6 is 0 Å². The molecule has 1 rings (SSSR count). The summed E-state index contributed by atoms with van der Waals surface area (Å²) in [6, 6.07) is 4.40. The van der Waals surface area contributed by atoms with Crippen molar-refractivity contribution in [2.75, 3.05) is 13.7 Å². The minimum Gasteiger partial charge on any atom is -0.496 e. The van der Waals surface area contributed by atoms with Gasteiger partial charge < -0.3 is 20.1 Å². The first kappa shape index (κ1) is 19.2. The van der Waals surface area contributed by atoms with E-state index >= 15 is 0 Å². The predicted octanol–water partition coefficient (Wildman–Crippen LogP) is 3.40. The first-order chi connectivity index (χ1) is 10.6. The van der Waals surface area contributed by atoms with E-state index in [9.17, 15) is 9.18 Å². The van der Waals surface area contributed by atoms with Gasteiger partial charge in [0, 0.05) is 24.2 Å². The molecule has 0 aromatic heterocycles. The smallest absolute Gasteiger partial charge is 0.407 e. The van der Waals surface area contributed by atoms with Gasteiger partial charge in [-0.1, -0.05) is 6.07 Å². The van der Waals surface area contributed by atoms with Crippen LogP contribution in [0.15, 0.2) is 18.2 Å². The molecule has 0 saturated heterocycles. The van der Waals surface area contributed by atoms with Gasteiger partial charge in [-0.15, -0.1) is 0 Å². The van der Waals surface area contributed by atoms with E-state index in [-0.39, 0.29) is 17.9 Å². The van der Waals surface area contributed by atoms with Crippen LogP contribution in [0.2, 0.25) is 0 Å². The van der Waals surface area contributed by atoms with Crippen molar-refractivity contribution in [3.8, 4) is 5.75 Å². The van der Waals surface area contributed by atoms with Gasteiger partial charge in [0.15, 0.2) is 0 Å². The van der Waals surface area contributed by atoms with Gasteiger partial charge >= 0.3 is 6.09 Å². The molecular formula is C17H27FN2O3. The van der Waals surface area contributed by atoms with E-state index in [0.29, 0.717) is 17.9 Å². The summed E-state index contributed by atoms with van der Waals surface area (Å²) in [4.78, 5) is 11.6. The maximum Gasteiger partial charge on any atom is 0.407 e. The number of amides is 1. The number of halogens is 1. The molecule has 23 heavy (non-hydrogen) atoms. The Morgan fingerprint density at radius 3 is 2.52 bits per heavy atom. The monoisotopic (exact) mass is 326 g/mol. The van der Waals surface area contributed by atoms with Gasteiger partial charge in [-0.3, -0.25) is 0 Å². The van der Waals surface area contributed by atoms with Gasteiger partial charge in [0.25, 0.3) is 0 Å². The molecular weight excluding hydrogens is 299 g/mol. The number of alkyl carbamates (subject to hydrolysis) is 1. The van der Waals surface area contributed by atoms with E-state index in [2.05, 4.69) is 10.6 Å². The second-order valence-electron chi connectivity index (χ2n) is 6.53. The Morgan fingerprint density at radius 1 is 1.30 bits per heavy atom. The average Bonchev–Trinajstić information content (AvgIpc) is 2.42. The largest absolute Gasteiger partial charge is 0.496 e. The van der Waals surface area contributed by atoms with E-state index < -0.39 is 11.7 Å². The molecule has 0 radical (unpaired) electrons. The van der Waals surface area contributed by atoms with Crippen LogP contribution in [0.1, 0.15) is 46.2 Å². The van der Waals surface area contributed by atoms with Crippen LogP contribution in [-0.4, -0.2) is 31.4 Å². The average molecular weight is 326 g/mol. The molecule has 0 heterocycles. The molecule has 6 heteroatoms. The third-order valence-corrected chi connectivity index (χ3v) is 3.15. The summed E-state index contributed by atoms with van der Waals surface area (Å²) in [6.45, 7) is 9.55. The molecule has 5 nitrogen and oxygen atoms in total. The van der Waals surface area contributed by atoms with E-state index in [1.165, 1.54) is 13.2 Å². The van der Waals surface area contributed by atoms with Crippen LogP contribution in [0.5, 0.6) is 5.75 Å². The Hall–Kier alpha value is -1.82. The number of rotatable bonds is 6. The topological polar surface area (TPSA) is 59.6 Å². The third kappa shape index (κ3) is 6.44. The second kappa shape index (κ2) is 8.15. The summed E-state index contributed by atoms with van der Waals surface area (Å²) in [5.74, 6) is 0.175. The maximum absolute atomic E-state index is 14.0. The molecule has 1 aromatic carbocycles. The lowest BCUT2D eigenvalue weighted by molar-refractivity contribution is 0.0522. The number of methoxy groups -OCH3 is 1. The minimum atomic E-state index is -0.533. The highest BCUT2D eigenvalue weighted by Crippen LogP contribution is 2.27. The van der Waals surface area contributed by atoms with Crippen molar-refractivity contribution in [2.45, 2.75) is 52.3 Å². The SMILES string of the molecule is COc1cccc(F)c1C(C)NC(C)CNC(=O)OC(C)(C)C. The third-order valence-electron chi connectivity index (χ3n) is 3.15. The predicted molar refractivity (Wildman–Crippen MR) is 88.2 cm³/mol. The zero-order chi connectivity index (χ0) is 17.6. The van der Waals surface area contributed by atoms with Crippen LogP contribution in [0.4, 0.5) is 9.18 Å². The Morgan fingerprint density at radius 2 is 1.96 bits per heavy atom. The molecule has 0 saturated carbocycles. The fourth-order valence-electron chi connectivity index (χ4n) is 2.24. The molecule has 0 spiro atoms. The molecule has 0 aliphatic carbocycles. The molecule has 1 aromatic rings. The summed E-state index contributed by atoms with van der Waals surface area (Å²) in [5.41, 5.74) is -0.0618. The molecule has 2 unspecified atom stereocenters. The van der Waals surface area contributed by atoms with Crippen molar-refractivity contribution in [1.82, 2.24) is 10.6 Å². The van der Waals surface area contributed by atoms with Gasteiger partial charge in [-0.05, 0) is 46.8 Å². The number of hydrogen-bond donors (Lipinski definition) is 2. The van der Waals surface area contributed by atoms with Crippen LogP contribution < -0.4 is 15.4 Å². The van der Waals surface area contributed by atoms with E-state index in [4.69, 9.17) is 9.47 Å². The zero-order valence-corrected chi connectivity index (χ0v) is 14.7. The second-order valence-corrected chi connectivity index (χ2v) is 6.53. The first-order valence-corrected chi connectivity index (χ1v) is 7.69. The molecule has 0 aliphatic rings.